The largest absolute Gasteiger partial charge is 0.491 e. The summed E-state index contributed by atoms with van der Waals surface area (Å²) >= 11 is 13.1. The number of aliphatic hydroxyl groups excluding tert-OH is 1. The number of esters is 1. The number of halogens is 6. The number of nitrogens with one attached hydrogen (secondary N) is 3. The Morgan fingerprint density at radius 2 is 1.48 bits per heavy atom. The molecule has 8 rings (SSSR count). The Kier molecular flexibility index (Phi) is 11.6. The molecule has 8 aromatic rings. The summed E-state index contributed by atoms with van der Waals surface area (Å²) in [5, 5.41) is 27.9. The minimum Gasteiger partial charge on any atom is -0.491 e. The summed E-state index contributed by atoms with van der Waals surface area (Å²) < 4.78 is 79.6. The van der Waals surface area contributed by atoms with E-state index in [2.05, 4.69) is 40.7 Å². The SMILES string of the molecule is CC(CNc1nc(Oc2ccc(F)cc2F)nc2n[nH]c(-c3cc(OCCO)ccc3Cl)c12)OC(=O)c1cc2c(-c3ccccc3Cl)[nH]nc2nc1Oc1ccc(F)cc1F. The highest BCUT2D eigenvalue weighted by molar-refractivity contribution is 6.34. The van der Waals surface area contributed by atoms with Crippen molar-refractivity contribution in [1.29, 1.82) is 0 Å². The normalized spacial score (nSPS) is 11.8. The van der Waals surface area contributed by atoms with Crippen LogP contribution in [0.5, 0.6) is 29.1 Å². The molecule has 61 heavy (non-hydrogen) atoms. The molecule has 20 heteroatoms. The van der Waals surface area contributed by atoms with Gasteiger partial charge in [-0.25, -0.2) is 22.4 Å². The van der Waals surface area contributed by atoms with Gasteiger partial charge in [0, 0.05) is 33.7 Å². The molecule has 0 amide bonds. The minimum atomic E-state index is -1.05. The molecule has 1 unspecified atom stereocenters. The van der Waals surface area contributed by atoms with Gasteiger partial charge < -0.3 is 29.4 Å². The van der Waals surface area contributed by atoms with Crippen molar-refractivity contribution >= 4 is 57.1 Å². The van der Waals surface area contributed by atoms with Crippen molar-refractivity contribution in [2.45, 2.75) is 13.0 Å². The predicted octanol–water partition coefficient (Wildman–Crippen LogP) is 9.43. The molecule has 0 bridgehead atoms. The summed E-state index contributed by atoms with van der Waals surface area (Å²) in [6.45, 7) is 1.22. The van der Waals surface area contributed by atoms with Gasteiger partial charge in [-0.1, -0.05) is 41.4 Å². The van der Waals surface area contributed by atoms with E-state index >= 15 is 0 Å². The van der Waals surface area contributed by atoms with Crippen LogP contribution in [0.25, 0.3) is 44.6 Å². The number of ether oxygens (including phenoxy) is 4. The number of benzene rings is 4. The van der Waals surface area contributed by atoms with Crippen molar-refractivity contribution in [3.63, 3.8) is 0 Å². The van der Waals surface area contributed by atoms with Crippen LogP contribution in [-0.2, 0) is 4.74 Å². The van der Waals surface area contributed by atoms with E-state index in [4.69, 9.17) is 42.1 Å². The summed E-state index contributed by atoms with van der Waals surface area (Å²) in [5.74, 6) is -5.44. The summed E-state index contributed by atoms with van der Waals surface area (Å²) in [5.41, 5.74) is 1.59. The molecule has 0 aliphatic carbocycles. The van der Waals surface area contributed by atoms with Crippen LogP contribution in [0.3, 0.4) is 0 Å². The maximum absolute atomic E-state index is 14.8. The Morgan fingerprint density at radius 3 is 2.20 bits per heavy atom. The lowest BCUT2D eigenvalue weighted by Crippen LogP contribution is -2.24. The number of pyridine rings is 1. The van der Waals surface area contributed by atoms with Crippen LogP contribution in [-0.4, -0.2) is 72.3 Å². The zero-order chi connectivity index (χ0) is 42.8. The molecule has 4 aromatic carbocycles. The van der Waals surface area contributed by atoms with Gasteiger partial charge in [-0.2, -0.15) is 25.1 Å². The zero-order valence-electron chi connectivity index (χ0n) is 31.3. The summed E-state index contributed by atoms with van der Waals surface area (Å²) in [4.78, 5) is 27.2. The monoisotopic (exact) mass is 874 g/mol. The van der Waals surface area contributed by atoms with Crippen LogP contribution in [0.15, 0.2) is 84.9 Å². The van der Waals surface area contributed by atoms with Crippen molar-refractivity contribution in [3.8, 4) is 51.7 Å². The lowest BCUT2D eigenvalue weighted by atomic mass is 10.1. The number of rotatable bonds is 14. The quantitative estimate of drug-likeness (QED) is 0.0601. The number of anilines is 1. The Labute approximate surface area is 351 Å². The van der Waals surface area contributed by atoms with E-state index in [9.17, 15) is 27.5 Å². The summed E-state index contributed by atoms with van der Waals surface area (Å²) in [7, 11) is 0. The van der Waals surface area contributed by atoms with Crippen LogP contribution < -0.4 is 19.5 Å². The molecule has 0 radical (unpaired) electrons. The number of fused-ring (bicyclic) bond motifs is 2. The first-order chi connectivity index (χ1) is 29.4. The maximum atomic E-state index is 14.8. The average molecular weight is 876 g/mol. The highest BCUT2D eigenvalue weighted by Crippen LogP contribution is 2.39. The molecule has 14 nitrogen and oxygen atoms in total. The third-order valence-corrected chi connectivity index (χ3v) is 9.55. The number of aromatic nitrogens is 7. The first kappa shape index (κ1) is 40.7. The molecular weight excluding hydrogens is 847 g/mol. The molecule has 1 atom stereocenters. The smallest absolute Gasteiger partial charge is 0.344 e. The van der Waals surface area contributed by atoms with E-state index in [0.29, 0.717) is 50.8 Å². The van der Waals surface area contributed by atoms with E-state index in [1.165, 1.54) is 6.07 Å². The fourth-order valence-corrected chi connectivity index (χ4v) is 6.53. The summed E-state index contributed by atoms with van der Waals surface area (Å²) in [6, 6.07) is 18.0. The van der Waals surface area contributed by atoms with Crippen LogP contribution in [0, 0.1) is 23.3 Å². The molecular formula is C41H28Cl2F4N8O6. The van der Waals surface area contributed by atoms with Crippen molar-refractivity contribution in [2.75, 3.05) is 25.1 Å². The molecule has 0 fully saturated rings. The Hall–Kier alpha value is -7.02. The van der Waals surface area contributed by atoms with Crippen molar-refractivity contribution in [2.24, 2.45) is 0 Å². The minimum absolute atomic E-state index is 0.0171. The fraction of sp³-hybridized carbons (Fsp3) is 0.122. The van der Waals surface area contributed by atoms with E-state index in [1.54, 1.807) is 49.4 Å². The molecule has 0 aliphatic rings. The lowest BCUT2D eigenvalue weighted by molar-refractivity contribution is 0.0363. The Morgan fingerprint density at radius 1 is 0.787 bits per heavy atom. The number of nitrogens with zero attached hydrogens (tertiary/aromatic N) is 5. The Balaban J connectivity index is 1.13. The lowest BCUT2D eigenvalue weighted by Gasteiger charge is -2.17. The van der Waals surface area contributed by atoms with E-state index in [0.717, 1.165) is 24.3 Å². The van der Waals surface area contributed by atoms with Gasteiger partial charge in [0.05, 0.1) is 34.9 Å². The molecule has 4 heterocycles. The third-order valence-electron chi connectivity index (χ3n) is 8.89. The number of aliphatic hydroxyl groups is 1. The van der Waals surface area contributed by atoms with Crippen LogP contribution in [0.1, 0.15) is 17.3 Å². The number of aromatic amines is 2. The highest BCUT2D eigenvalue weighted by Gasteiger charge is 2.26. The van der Waals surface area contributed by atoms with Gasteiger partial charge in [-0.05, 0) is 61.5 Å². The zero-order valence-corrected chi connectivity index (χ0v) is 32.8. The first-order valence-corrected chi connectivity index (χ1v) is 18.9. The number of hydrogen-bond acceptors (Lipinski definition) is 12. The molecule has 4 aromatic heterocycles. The third kappa shape index (κ3) is 8.68. The molecule has 310 valence electrons. The van der Waals surface area contributed by atoms with E-state index < -0.39 is 47.0 Å². The van der Waals surface area contributed by atoms with Crippen LogP contribution in [0.2, 0.25) is 10.0 Å². The number of hydrogen-bond donors (Lipinski definition) is 4. The fourth-order valence-electron chi connectivity index (χ4n) is 6.09. The molecule has 0 spiro atoms. The van der Waals surface area contributed by atoms with Crippen LogP contribution in [0.4, 0.5) is 23.4 Å². The second-order valence-corrected chi connectivity index (χ2v) is 13.9. The Bertz CT molecular complexity index is 2950. The second-order valence-electron chi connectivity index (χ2n) is 13.1. The van der Waals surface area contributed by atoms with Crippen LogP contribution >= 0.6 is 23.2 Å². The average Bonchev–Trinajstić information content (AvgIpc) is 3.86. The van der Waals surface area contributed by atoms with Crippen molar-refractivity contribution in [3.05, 3.63) is 124 Å². The van der Waals surface area contributed by atoms with Crippen molar-refractivity contribution in [1.82, 2.24) is 35.3 Å². The van der Waals surface area contributed by atoms with Gasteiger partial charge in [0.25, 0.3) is 0 Å². The number of carbonyl (C=O) groups excluding carboxylic acids is 1. The van der Waals surface area contributed by atoms with Gasteiger partial charge >= 0.3 is 12.0 Å². The van der Waals surface area contributed by atoms with Gasteiger partial charge in [-0.3, -0.25) is 10.2 Å². The highest BCUT2D eigenvalue weighted by atomic mass is 35.5. The van der Waals surface area contributed by atoms with Gasteiger partial charge in [0.15, 0.2) is 34.4 Å². The van der Waals surface area contributed by atoms with Gasteiger partial charge in [-0.15, -0.1) is 0 Å². The summed E-state index contributed by atoms with van der Waals surface area (Å²) in [6.07, 6.45) is -0.955. The van der Waals surface area contributed by atoms with Gasteiger partial charge in [0.2, 0.25) is 5.88 Å². The molecule has 0 saturated heterocycles. The van der Waals surface area contributed by atoms with Crippen molar-refractivity contribution < 1.29 is 46.4 Å². The molecule has 4 N–H and O–H groups in total. The maximum Gasteiger partial charge on any atom is 0.344 e. The van der Waals surface area contributed by atoms with E-state index in [1.807, 2.05) is 0 Å². The molecule has 0 saturated carbocycles. The second kappa shape index (κ2) is 17.3. The molecule has 0 aliphatic heterocycles. The number of carbonyl (C=O) groups is 1. The topological polar surface area (TPSA) is 182 Å². The van der Waals surface area contributed by atoms with Gasteiger partial charge in [0.1, 0.15) is 41.5 Å². The van der Waals surface area contributed by atoms with E-state index in [-0.39, 0.29) is 64.6 Å². The standard InChI is InChI=1S/C41H28Cl2F4N8O6/c1-19(59-40(57)26-17-25-34(23-4-2-3-5-27(23)42)52-54-36(25)49-39(26)60-31-10-6-20(44)14-29(31)46)18-48-37-33-35(24-16-22(58-13-12-56)8-9-28(24)43)53-55-38(33)51-41(50-37)61-32-11-7-21(45)15-30(32)47/h2-11,14-17,19,56H,12-13,18H2,1H3,(H,49,52,54)(H2,48,50,51,53,55). The predicted molar refractivity (Wildman–Crippen MR) is 215 cm³/mol. The first-order valence-electron chi connectivity index (χ1n) is 18.1. The number of H-pyrrole nitrogens is 2.